The number of aromatic nitrogens is 4. The molecule has 0 saturated carbocycles. The summed E-state index contributed by atoms with van der Waals surface area (Å²) < 4.78 is 9.63. The largest absolute Gasteiger partial charge is 0.370 e. The van der Waals surface area contributed by atoms with Crippen molar-refractivity contribution in [1.82, 2.24) is 19.1 Å². The third-order valence-electron chi connectivity index (χ3n) is 4.34. The predicted molar refractivity (Wildman–Crippen MR) is 87.4 cm³/mol. The second-order valence-electron chi connectivity index (χ2n) is 5.66. The topological polar surface area (TPSA) is 74.0 Å². The summed E-state index contributed by atoms with van der Waals surface area (Å²) in [6, 6.07) is 0. The number of rotatable bonds is 6. The smallest absolute Gasteiger partial charge is 0.293 e. The monoisotopic (exact) mass is 317 g/mol. The standard InChI is InChI=1S/C16H23N5O2/c1-3-20-8-7-18-15(20)13-12(5-10-23-13)11-19-14-16(22)21(4-2)9-6-17-14/h6-9,12-13H,3-5,10-11H2,1-2H3,(H,17,19)/t12-,13+/m0/s1. The SMILES string of the molecule is CCn1ccnc1[C@@H]1OCC[C@H]1CNc1nccn(CC)c1=O. The summed E-state index contributed by atoms with van der Waals surface area (Å²) in [4.78, 5) is 20.8. The molecule has 23 heavy (non-hydrogen) atoms. The molecule has 3 rings (SSSR count). The van der Waals surface area contributed by atoms with Crippen LogP contribution >= 0.6 is 0 Å². The van der Waals surface area contributed by atoms with Gasteiger partial charge in [0, 0.05) is 56.9 Å². The first-order valence-electron chi connectivity index (χ1n) is 8.16. The summed E-state index contributed by atoms with van der Waals surface area (Å²) in [5, 5.41) is 3.20. The number of imidazole rings is 1. The van der Waals surface area contributed by atoms with Gasteiger partial charge in [-0.05, 0) is 20.3 Å². The fourth-order valence-corrected chi connectivity index (χ4v) is 3.02. The number of nitrogens with one attached hydrogen (secondary N) is 1. The summed E-state index contributed by atoms with van der Waals surface area (Å²) in [6.07, 6.45) is 8.05. The Morgan fingerprint density at radius 2 is 1.96 bits per heavy atom. The van der Waals surface area contributed by atoms with Crippen LogP contribution in [-0.2, 0) is 17.8 Å². The minimum absolute atomic E-state index is 0.0328. The second kappa shape index (κ2) is 6.95. The summed E-state index contributed by atoms with van der Waals surface area (Å²) in [7, 11) is 0. The Morgan fingerprint density at radius 1 is 1.22 bits per heavy atom. The lowest BCUT2D eigenvalue weighted by atomic mass is 10.0. The maximum atomic E-state index is 12.2. The van der Waals surface area contributed by atoms with Crippen molar-refractivity contribution in [3.63, 3.8) is 0 Å². The van der Waals surface area contributed by atoms with Crippen molar-refractivity contribution in [2.75, 3.05) is 18.5 Å². The lowest BCUT2D eigenvalue weighted by Gasteiger charge is -2.19. The van der Waals surface area contributed by atoms with Crippen molar-refractivity contribution in [2.45, 2.75) is 39.5 Å². The van der Waals surface area contributed by atoms with Gasteiger partial charge in [0.05, 0.1) is 0 Å². The third kappa shape index (κ3) is 3.14. The van der Waals surface area contributed by atoms with Gasteiger partial charge in [0.2, 0.25) is 0 Å². The third-order valence-corrected chi connectivity index (χ3v) is 4.34. The molecule has 0 amide bonds. The van der Waals surface area contributed by atoms with E-state index in [9.17, 15) is 4.79 Å². The Labute approximate surface area is 135 Å². The molecule has 0 aromatic carbocycles. The quantitative estimate of drug-likeness (QED) is 0.877. The number of hydrogen-bond acceptors (Lipinski definition) is 5. The Hall–Kier alpha value is -2.15. The molecular weight excluding hydrogens is 294 g/mol. The Balaban J connectivity index is 1.72. The zero-order valence-corrected chi connectivity index (χ0v) is 13.6. The molecule has 0 radical (unpaired) electrons. The van der Waals surface area contributed by atoms with Crippen LogP contribution in [0.2, 0.25) is 0 Å². The van der Waals surface area contributed by atoms with Crippen LogP contribution in [0.5, 0.6) is 0 Å². The molecule has 2 atom stereocenters. The van der Waals surface area contributed by atoms with Crippen molar-refractivity contribution in [3.8, 4) is 0 Å². The highest BCUT2D eigenvalue weighted by molar-refractivity contribution is 5.31. The van der Waals surface area contributed by atoms with E-state index in [2.05, 4.69) is 26.8 Å². The van der Waals surface area contributed by atoms with Crippen LogP contribution in [0, 0.1) is 5.92 Å². The van der Waals surface area contributed by atoms with Crippen molar-refractivity contribution in [2.24, 2.45) is 5.92 Å². The molecule has 3 heterocycles. The maximum absolute atomic E-state index is 12.2. The van der Waals surface area contributed by atoms with E-state index in [1.165, 1.54) is 0 Å². The normalized spacial score (nSPS) is 20.8. The zero-order chi connectivity index (χ0) is 16.2. The average molecular weight is 317 g/mol. The van der Waals surface area contributed by atoms with E-state index in [0.29, 0.717) is 18.9 Å². The Bertz CT molecular complexity index is 708. The van der Waals surface area contributed by atoms with E-state index in [-0.39, 0.29) is 17.6 Å². The van der Waals surface area contributed by atoms with Crippen molar-refractivity contribution < 1.29 is 4.74 Å². The molecule has 0 bridgehead atoms. The van der Waals surface area contributed by atoms with Crippen molar-refractivity contribution in [1.29, 1.82) is 0 Å². The van der Waals surface area contributed by atoms with Gasteiger partial charge in [-0.15, -0.1) is 0 Å². The molecule has 1 aliphatic rings. The first kappa shape index (κ1) is 15.7. The van der Waals surface area contributed by atoms with E-state index in [1.807, 2.05) is 19.3 Å². The molecule has 7 nitrogen and oxygen atoms in total. The summed E-state index contributed by atoms with van der Waals surface area (Å²) in [5.41, 5.74) is -0.0828. The molecule has 1 saturated heterocycles. The van der Waals surface area contributed by atoms with Gasteiger partial charge in [0.15, 0.2) is 5.82 Å². The van der Waals surface area contributed by atoms with Crippen LogP contribution in [0.4, 0.5) is 5.82 Å². The molecule has 124 valence electrons. The van der Waals surface area contributed by atoms with Gasteiger partial charge < -0.3 is 19.2 Å². The van der Waals surface area contributed by atoms with Gasteiger partial charge in [-0.1, -0.05) is 0 Å². The van der Waals surface area contributed by atoms with Gasteiger partial charge in [-0.3, -0.25) is 4.79 Å². The van der Waals surface area contributed by atoms with Crippen LogP contribution < -0.4 is 10.9 Å². The highest BCUT2D eigenvalue weighted by atomic mass is 16.5. The van der Waals surface area contributed by atoms with Crippen LogP contribution in [0.1, 0.15) is 32.2 Å². The van der Waals surface area contributed by atoms with Gasteiger partial charge in [-0.2, -0.15) is 0 Å². The van der Waals surface area contributed by atoms with Crippen LogP contribution in [0.15, 0.2) is 29.6 Å². The van der Waals surface area contributed by atoms with E-state index in [0.717, 1.165) is 25.4 Å². The summed E-state index contributed by atoms with van der Waals surface area (Å²) in [6.45, 7) is 6.91. The fourth-order valence-electron chi connectivity index (χ4n) is 3.02. The van der Waals surface area contributed by atoms with Gasteiger partial charge >= 0.3 is 0 Å². The number of anilines is 1. The van der Waals surface area contributed by atoms with E-state index in [1.54, 1.807) is 17.0 Å². The number of nitrogens with zero attached hydrogens (tertiary/aromatic N) is 4. The van der Waals surface area contributed by atoms with Gasteiger partial charge in [0.25, 0.3) is 5.56 Å². The minimum Gasteiger partial charge on any atom is -0.370 e. The first-order chi connectivity index (χ1) is 11.2. The van der Waals surface area contributed by atoms with E-state index in [4.69, 9.17) is 4.74 Å². The Kier molecular flexibility index (Phi) is 4.76. The van der Waals surface area contributed by atoms with Crippen molar-refractivity contribution >= 4 is 5.82 Å². The fraction of sp³-hybridized carbons (Fsp3) is 0.562. The maximum Gasteiger partial charge on any atom is 0.293 e. The number of hydrogen-bond donors (Lipinski definition) is 1. The molecule has 0 spiro atoms. The van der Waals surface area contributed by atoms with E-state index >= 15 is 0 Å². The first-order valence-corrected chi connectivity index (χ1v) is 8.16. The average Bonchev–Trinajstić information content (AvgIpc) is 3.22. The molecular formula is C16H23N5O2. The second-order valence-corrected chi connectivity index (χ2v) is 5.66. The molecule has 7 heteroatoms. The van der Waals surface area contributed by atoms with E-state index < -0.39 is 0 Å². The summed E-state index contributed by atoms with van der Waals surface area (Å²) >= 11 is 0. The molecule has 1 fully saturated rings. The predicted octanol–water partition coefficient (Wildman–Crippen LogP) is 1.67. The highest BCUT2D eigenvalue weighted by Crippen LogP contribution is 2.33. The van der Waals surface area contributed by atoms with Crippen LogP contribution in [0.25, 0.3) is 0 Å². The minimum atomic E-state index is -0.0828. The van der Waals surface area contributed by atoms with Crippen LogP contribution in [0.3, 0.4) is 0 Å². The molecule has 2 aromatic rings. The molecule has 1 N–H and O–H groups in total. The number of aryl methyl sites for hydroxylation is 2. The molecule has 0 aliphatic carbocycles. The van der Waals surface area contributed by atoms with Crippen molar-refractivity contribution in [3.05, 3.63) is 41.0 Å². The zero-order valence-electron chi connectivity index (χ0n) is 13.6. The lowest BCUT2D eigenvalue weighted by molar-refractivity contribution is 0.0832. The lowest BCUT2D eigenvalue weighted by Crippen LogP contribution is -2.27. The molecule has 0 unspecified atom stereocenters. The molecule has 1 aliphatic heterocycles. The van der Waals surface area contributed by atoms with Gasteiger partial charge in [-0.25, -0.2) is 9.97 Å². The Morgan fingerprint density at radius 3 is 2.74 bits per heavy atom. The van der Waals surface area contributed by atoms with Crippen LogP contribution in [-0.4, -0.2) is 32.3 Å². The molecule has 2 aromatic heterocycles. The van der Waals surface area contributed by atoms with Gasteiger partial charge in [0.1, 0.15) is 11.9 Å². The summed E-state index contributed by atoms with van der Waals surface area (Å²) in [5.74, 6) is 1.64. The number of ether oxygens (including phenoxy) is 1. The highest BCUT2D eigenvalue weighted by Gasteiger charge is 2.32.